The van der Waals surface area contributed by atoms with Crippen molar-refractivity contribution in [2.24, 2.45) is 0 Å². The predicted molar refractivity (Wildman–Crippen MR) is 83.3 cm³/mol. The monoisotopic (exact) mass is 326 g/mol. The second-order valence-electron chi connectivity index (χ2n) is 5.62. The van der Waals surface area contributed by atoms with Crippen molar-refractivity contribution in [3.63, 3.8) is 0 Å². The SMILES string of the molecule is CC1(C)SCC(C(=O)NCc2cn3c(n2)SCC3)NC1=O. The van der Waals surface area contributed by atoms with Crippen LogP contribution in [0.15, 0.2) is 11.4 Å². The van der Waals surface area contributed by atoms with E-state index in [1.54, 1.807) is 11.8 Å². The molecule has 1 aromatic heterocycles. The van der Waals surface area contributed by atoms with E-state index in [9.17, 15) is 9.59 Å². The summed E-state index contributed by atoms with van der Waals surface area (Å²) in [5.74, 6) is 1.43. The molecule has 0 aromatic carbocycles. The van der Waals surface area contributed by atoms with E-state index < -0.39 is 10.8 Å². The largest absolute Gasteiger partial charge is 0.349 e. The summed E-state index contributed by atoms with van der Waals surface area (Å²) < 4.78 is 1.64. The number of carbonyl (C=O) groups excluding carboxylic acids is 2. The van der Waals surface area contributed by atoms with Gasteiger partial charge in [-0.15, -0.1) is 11.8 Å². The third kappa shape index (κ3) is 3.06. The molecule has 0 aliphatic carbocycles. The topological polar surface area (TPSA) is 76.0 Å². The molecule has 1 aromatic rings. The number of rotatable bonds is 3. The molecule has 3 rings (SSSR count). The average molecular weight is 326 g/mol. The number of nitrogens with one attached hydrogen (secondary N) is 2. The van der Waals surface area contributed by atoms with Gasteiger partial charge in [-0.25, -0.2) is 4.98 Å². The second-order valence-corrected chi connectivity index (χ2v) is 8.33. The molecule has 2 aliphatic heterocycles. The van der Waals surface area contributed by atoms with Crippen LogP contribution in [0.3, 0.4) is 0 Å². The summed E-state index contributed by atoms with van der Waals surface area (Å²) in [7, 11) is 0. The summed E-state index contributed by atoms with van der Waals surface area (Å²) in [4.78, 5) is 28.5. The average Bonchev–Trinajstić information content (AvgIpc) is 3.00. The summed E-state index contributed by atoms with van der Waals surface area (Å²) in [6, 6.07) is -0.459. The summed E-state index contributed by atoms with van der Waals surface area (Å²) in [5, 5.41) is 6.65. The Kier molecular flexibility index (Phi) is 3.92. The lowest BCUT2D eigenvalue weighted by Gasteiger charge is -2.32. The van der Waals surface area contributed by atoms with Crippen molar-refractivity contribution in [3.05, 3.63) is 11.9 Å². The van der Waals surface area contributed by atoms with Crippen LogP contribution in [-0.4, -0.2) is 43.7 Å². The fraction of sp³-hybridized carbons (Fsp3) is 0.615. The van der Waals surface area contributed by atoms with Gasteiger partial charge >= 0.3 is 0 Å². The van der Waals surface area contributed by atoms with Gasteiger partial charge < -0.3 is 15.2 Å². The first-order chi connectivity index (χ1) is 9.95. The van der Waals surface area contributed by atoms with Crippen molar-refractivity contribution in [1.82, 2.24) is 20.2 Å². The maximum atomic E-state index is 12.1. The molecule has 2 amide bonds. The van der Waals surface area contributed by atoms with E-state index in [-0.39, 0.29) is 11.8 Å². The van der Waals surface area contributed by atoms with E-state index >= 15 is 0 Å². The maximum Gasteiger partial charge on any atom is 0.243 e. The van der Waals surface area contributed by atoms with E-state index in [1.165, 1.54) is 11.8 Å². The third-order valence-electron chi connectivity index (χ3n) is 3.58. The zero-order valence-corrected chi connectivity index (χ0v) is 13.6. The number of thioether (sulfide) groups is 2. The molecule has 1 unspecified atom stereocenters. The first-order valence-corrected chi connectivity index (χ1v) is 8.84. The van der Waals surface area contributed by atoms with Crippen LogP contribution in [-0.2, 0) is 22.7 Å². The molecule has 0 saturated carbocycles. The molecule has 21 heavy (non-hydrogen) atoms. The van der Waals surface area contributed by atoms with Gasteiger partial charge in [-0.2, -0.15) is 0 Å². The van der Waals surface area contributed by atoms with Gasteiger partial charge in [-0.3, -0.25) is 9.59 Å². The number of nitrogens with zero attached hydrogens (tertiary/aromatic N) is 2. The second kappa shape index (κ2) is 5.57. The lowest BCUT2D eigenvalue weighted by atomic mass is 10.1. The van der Waals surface area contributed by atoms with Gasteiger partial charge in [0.1, 0.15) is 6.04 Å². The Bertz CT molecular complexity index is 563. The van der Waals surface area contributed by atoms with Crippen molar-refractivity contribution in [2.75, 3.05) is 11.5 Å². The highest BCUT2D eigenvalue weighted by Gasteiger charge is 2.37. The van der Waals surface area contributed by atoms with Crippen LogP contribution in [0, 0.1) is 0 Å². The van der Waals surface area contributed by atoms with Gasteiger partial charge in [-0.05, 0) is 13.8 Å². The van der Waals surface area contributed by atoms with Gasteiger partial charge in [0.2, 0.25) is 11.8 Å². The molecule has 8 heteroatoms. The molecular weight excluding hydrogens is 308 g/mol. The maximum absolute atomic E-state index is 12.1. The molecule has 1 fully saturated rings. The molecule has 2 aliphatic rings. The van der Waals surface area contributed by atoms with Crippen molar-refractivity contribution in [1.29, 1.82) is 0 Å². The lowest BCUT2D eigenvalue weighted by molar-refractivity contribution is -0.129. The lowest BCUT2D eigenvalue weighted by Crippen LogP contribution is -2.57. The minimum atomic E-state index is -0.460. The number of imidazole rings is 1. The third-order valence-corrected chi connectivity index (χ3v) is 5.95. The number of hydrogen-bond acceptors (Lipinski definition) is 5. The Balaban J connectivity index is 1.53. The summed E-state index contributed by atoms with van der Waals surface area (Å²) in [6.07, 6.45) is 1.98. The molecule has 3 heterocycles. The van der Waals surface area contributed by atoms with E-state index in [0.717, 1.165) is 23.1 Å². The van der Waals surface area contributed by atoms with E-state index in [0.29, 0.717) is 12.3 Å². The summed E-state index contributed by atoms with van der Waals surface area (Å²) in [6.45, 7) is 5.11. The van der Waals surface area contributed by atoms with Crippen molar-refractivity contribution >= 4 is 35.3 Å². The van der Waals surface area contributed by atoms with Gasteiger partial charge in [0.25, 0.3) is 0 Å². The van der Waals surface area contributed by atoms with Crippen molar-refractivity contribution < 1.29 is 9.59 Å². The predicted octanol–water partition coefficient (Wildman–Crippen LogP) is 0.615. The Hall–Kier alpha value is -1.15. The minimum Gasteiger partial charge on any atom is -0.349 e. The molecular formula is C13H18N4O2S2. The molecule has 1 atom stereocenters. The molecule has 1 saturated heterocycles. The molecule has 0 spiro atoms. The standard InChI is InChI=1S/C13H18N4O2S2/c1-13(2)11(19)16-9(7-21-13)10(18)14-5-8-6-17-3-4-20-12(17)15-8/h6,9H,3-5,7H2,1-2H3,(H,14,18)(H,16,19). The van der Waals surface area contributed by atoms with Gasteiger partial charge in [0.15, 0.2) is 5.16 Å². The van der Waals surface area contributed by atoms with Crippen LogP contribution in [0.4, 0.5) is 0 Å². The smallest absolute Gasteiger partial charge is 0.243 e. The van der Waals surface area contributed by atoms with Gasteiger partial charge in [-0.1, -0.05) is 11.8 Å². The fourth-order valence-corrected chi connectivity index (χ4v) is 4.19. The quantitative estimate of drug-likeness (QED) is 0.851. The number of aryl methyl sites for hydroxylation is 1. The van der Waals surface area contributed by atoms with E-state index in [1.807, 2.05) is 20.0 Å². The van der Waals surface area contributed by atoms with Crippen molar-refractivity contribution in [2.45, 2.75) is 42.9 Å². The molecule has 6 nitrogen and oxygen atoms in total. The zero-order valence-electron chi connectivity index (χ0n) is 12.0. The highest BCUT2D eigenvalue weighted by molar-refractivity contribution is 8.01. The van der Waals surface area contributed by atoms with E-state index in [2.05, 4.69) is 20.2 Å². The van der Waals surface area contributed by atoms with Crippen LogP contribution >= 0.6 is 23.5 Å². The van der Waals surface area contributed by atoms with Crippen LogP contribution < -0.4 is 10.6 Å². The van der Waals surface area contributed by atoms with Crippen LogP contribution in [0.25, 0.3) is 0 Å². The number of carbonyl (C=O) groups is 2. The minimum absolute atomic E-state index is 0.0868. The van der Waals surface area contributed by atoms with Crippen LogP contribution in [0.5, 0.6) is 0 Å². The Morgan fingerprint density at radius 2 is 2.43 bits per heavy atom. The number of aromatic nitrogens is 2. The highest BCUT2D eigenvalue weighted by Crippen LogP contribution is 2.29. The molecule has 2 N–H and O–H groups in total. The van der Waals surface area contributed by atoms with Crippen LogP contribution in [0.1, 0.15) is 19.5 Å². The normalized spacial score (nSPS) is 23.5. The van der Waals surface area contributed by atoms with Crippen molar-refractivity contribution in [3.8, 4) is 0 Å². The van der Waals surface area contributed by atoms with E-state index in [4.69, 9.17) is 0 Å². The molecule has 0 bridgehead atoms. The first kappa shape index (κ1) is 14.8. The molecule has 0 radical (unpaired) electrons. The first-order valence-electron chi connectivity index (χ1n) is 6.87. The molecule has 114 valence electrons. The Morgan fingerprint density at radius 3 is 3.14 bits per heavy atom. The fourth-order valence-electron chi connectivity index (χ4n) is 2.22. The van der Waals surface area contributed by atoms with Crippen LogP contribution in [0.2, 0.25) is 0 Å². The van der Waals surface area contributed by atoms with Gasteiger partial charge in [0, 0.05) is 24.2 Å². The zero-order chi connectivity index (χ0) is 15.0. The summed E-state index contributed by atoms with van der Waals surface area (Å²) >= 11 is 3.24. The summed E-state index contributed by atoms with van der Waals surface area (Å²) in [5.41, 5.74) is 0.862. The highest BCUT2D eigenvalue weighted by atomic mass is 32.2. The number of fused-ring (bicyclic) bond motifs is 1. The number of amides is 2. The number of hydrogen-bond donors (Lipinski definition) is 2. The van der Waals surface area contributed by atoms with Gasteiger partial charge in [0.05, 0.1) is 17.0 Å². The Morgan fingerprint density at radius 1 is 1.62 bits per heavy atom. The Labute approximate surface area is 131 Å².